The molecule has 1 heterocycles. The Hall–Kier alpha value is -2.50. The van der Waals surface area contributed by atoms with E-state index in [0.717, 1.165) is 0 Å². The van der Waals surface area contributed by atoms with E-state index in [1.807, 2.05) is 0 Å². The molecule has 21 heavy (non-hydrogen) atoms. The number of carbonyl (C=O) groups is 1. The Morgan fingerprint density at radius 1 is 1.29 bits per heavy atom. The molecule has 0 saturated carbocycles. The summed E-state index contributed by atoms with van der Waals surface area (Å²) in [5.74, 6) is -1.30. The third-order valence-corrected chi connectivity index (χ3v) is 3.39. The maximum absolute atomic E-state index is 13.8. The van der Waals surface area contributed by atoms with E-state index in [2.05, 4.69) is 15.5 Å². The molecule has 1 aromatic heterocycles. The molecular formula is C15H16FN3O2. The molecule has 0 spiro atoms. The number of carboxylic acid groups (broad SMARTS) is 1. The molecule has 0 radical (unpaired) electrons. The second-order valence-corrected chi connectivity index (χ2v) is 4.83. The highest BCUT2D eigenvalue weighted by Gasteiger charge is 2.20. The number of nitrogens with one attached hydrogen (secondary N) is 1. The van der Waals surface area contributed by atoms with Crippen molar-refractivity contribution in [2.75, 3.05) is 5.32 Å². The molecule has 0 saturated heterocycles. The highest BCUT2D eigenvalue weighted by atomic mass is 19.1. The Balaban J connectivity index is 2.38. The van der Waals surface area contributed by atoms with Crippen molar-refractivity contribution in [1.29, 1.82) is 0 Å². The summed E-state index contributed by atoms with van der Waals surface area (Å²) in [6.45, 7) is 5.10. The zero-order valence-corrected chi connectivity index (χ0v) is 12.0. The molecule has 0 amide bonds. The summed E-state index contributed by atoms with van der Waals surface area (Å²) in [5.41, 5.74) is 1.59. The molecule has 2 N–H and O–H groups in total. The predicted molar refractivity (Wildman–Crippen MR) is 76.9 cm³/mol. The molecule has 0 aliphatic rings. The molecule has 5 nitrogen and oxygen atoms in total. The number of aryl methyl sites for hydroxylation is 1. The fourth-order valence-corrected chi connectivity index (χ4v) is 2.08. The number of carboxylic acids is 1. The van der Waals surface area contributed by atoms with Crippen LogP contribution in [0.4, 0.5) is 10.2 Å². The largest absolute Gasteiger partial charge is 0.478 e. The average Bonchev–Trinajstić information content (AvgIpc) is 2.43. The van der Waals surface area contributed by atoms with Crippen LogP contribution >= 0.6 is 0 Å². The van der Waals surface area contributed by atoms with E-state index in [4.69, 9.17) is 0 Å². The van der Waals surface area contributed by atoms with Crippen molar-refractivity contribution in [2.24, 2.45) is 0 Å². The van der Waals surface area contributed by atoms with Crippen LogP contribution < -0.4 is 5.32 Å². The van der Waals surface area contributed by atoms with E-state index in [9.17, 15) is 14.3 Å². The van der Waals surface area contributed by atoms with Crippen LogP contribution in [0.15, 0.2) is 24.3 Å². The van der Waals surface area contributed by atoms with E-state index in [-0.39, 0.29) is 17.2 Å². The SMILES string of the molecule is Cc1nnc(NC(C)c2ccccc2F)c(C(=O)O)c1C. The first-order valence-electron chi connectivity index (χ1n) is 6.50. The van der Waals surface area contributed by atoms with Crippen molar-refractivity contribution in [1.82, 2.24) is 10.2 Å². The van der Waals surface area contributed by atoms with Crippen molar-refractivity contribution < 1.29 is 14.3 Å². The summed E-state index contributed by atoms with van der Waals surface area (Å²) in [4.78, 5) is 11.4. The molecular weight excluding hydrogens is 273 g/mol. The first-order chi connectivity index (χ1) is 9.91. The third-order valence-electron chi connectivity index (χ3n) is 3.39. The molecule has 6 heteroatoms. The highest BCUT2D eigenvalue weighted by molar-refractivity contribution is 5.94. The van der Waals surface area contributed by atoms with Crippen molar-refractivity contribution in [2.45, 2.75) is 26.8 Å². The zero-order chi connectivity index (χ0) is 15.6. The van der Waals surface area contributed by atoms with Gasteiger partial charge in [0.1, 0.15) is 11.4 Å². The number of benzene rings is 1. The Kier molecular flexibility index (Phi) is 4.16. The predicted octanol–water partition coefficient (Wildman–Crippen LogP) is 3.10. The minimum atomic E-state index is -1.09. The summed E-state index contributed by atoms with van der Waals surface area (Å²) in [7, 11) is 0. The van der Waals surface area contributed by atoms with Crippen LogP contribution in [0.25, 0.3) is 0 Å². The Labute approximate surface area is 121 Å². The second kappa shape index (κ2) is 5.87. The van der Waals surface area contributed by atoms with Gasteiger partial charge in [-0.3, -0.25) is 0 Å². The minimum Gasteiger partial charge on any atom is -0.478 e. The van der Waals surface area contributed by atoms with Crippen LogP contribution in [-0.4, -0.2) is 21.3 Å². The number of aromatic nitrogens is 2. The zero-order valence-electron chi connectivity index (χ0n) is 12.0. The number of hydrogen-bond donors (Lipinski definition) is 2. The van der Waals surface area contributed by atoms with Gasteiger partial charge in [0.15, 0.2) is 5.82 Å². The number of aromatic carboxylic acids is 1. The highest BCUT2D eigenvalue weighted by Crippen LogP contribution is 2.24. The van der Waals surface area contributed by atoms with Gasteiger partial charge in [-0.15, -0.1) is 5.10 Å². The summed E-state index contributed by atoms with van der Waals surface area (Å²) < 4.78 is 13.8. The van der Waals surface area contributed by atoms with Crippen molar-refractivity contribution in [3.05, 3.63) is 52.5 Å². The van der Waals surface area contributed by atoms with Gasteiger partial charge in [0.2, 0.25) is 0 Å². The topological polar surface area (TPSA) is 75.1 Å². The maximum atomic E-state index is 13.8. The monoisotopic (exact) mass is 289 g/mol. The molecule has 1 unspecified atom stereocenters. The number of halogens is 1. The van der Waals surface area contributed by atoms with E-state index in [1.54, 1.807) is 39.0 Å². The number of rotatable bonds is 4. The van der Waals surface area contributed by atoms with Gasteiger partial charge in [-0.2, -0.15) is 5.10 Å². The number of hydrogen-bond acceptors (Lipinski definition) is 4. The lowest BCUT2D eigenvalue weighted by Gasteiger charge is -2.17. The van der Waals surface area contributed by atoms with E-state index in [0.29, 0.717) is 16.8 Å². The van der Waals surface area contributed by atoms with Gasteiger partial charge >= 0.3 is 5.97 Å². The van der Waals surface area contributed by atoms with Crippen LogP contribution in [-0.2, 0) is 0 Å². The maximum Gasteiger partial charge on any atom is 0.339 e. The van der Waals surface area contributed by atoms with Crippen LogP contribution in [0.5, 0.6) is 0 Å². The van der Waals surface area contributed by atoms with E-state index in [1.165, 1.54) is 6.07 Å². The second-order valence-electron chi connectivity index (χ2n) is 4.83. The lowest BCUT2D eigenvalue weighted by molar-refractivity contribution is 0.0696. The van der Waals surface area contributed by atoms with Gasteiger partial charge in [-0.1, -0.05) is 18.2 Å². The Morgan fingerprint density at radius 2 is 1.95 bits per heavy atom. The third kappa shape index (κ3) is 2.99. The molecule has 0 aliphatic carbocycles. The summed E-state index contributed by atoms with van der Waals surface area (Å²) in [6, 6.07) is 5.89. The van der Waals surface area contributed by atoms with Gasteiger partial charge in [-0.05, 0) is 32.4 Å². The molecule has 0 fully saturated rings. The minimum absolute atomic E-state index is 0.0608. The number of anilines is 1. The van der Waals surface area contributed by atoms with Crippen molar-refractivity contribution in [3.8, 4) is 0 Å². The molecule has 2 aromatic rings. The van der Waals surface area contributed by atoms with E-state index < -0.39 is 12.0 Å². The first-order valence-corrected chi connectivity index (χ1v) is 6.50. The lowest BCUT2D eigenvalue weighted by atomic mass is 10.1. The smallest absolute Gasteiger partial charge is 0.339 e. The van der Waals surface area contributed by atoms with Crippen molar-refractivity contribution in [3.63, 3.8) is 0 Å². The fraction of sp³-hybridized carbons (Fsp3) is 0.267. The molecule has 0 aliphatic heterocycles. The summed E-state index contributed by atoms with van der Waals surface area (Å²) in [6.07, 6.45) is 0. The van der Waals surface area contributed by atoms with Crippen LogP contribution in [0.1, 0.15) is 40.1 Å². The summed E-state index contributed by atoms with van der Waals surface area (Å²) >= 11 is 0. The van der Waals surface area contributed by atoms with Crippen LogP contribution in [0.2, 0.25) is 0 Å². The van der Waals surface area contributed by atoms with Gasteiger partial charge in [0.05, 0.1) is 11.7 Å². The van der Waals surface area contributed by atoms with Crippen LogP contribution in [0.3, 0.4) is 0 Å². The molecule has 0 bridgehead atoms. The van der Waals surface area contributed by atoms with Crippen LogP contribution in [0, 0.1) is 19.7 Å². The fourth-order valence-electron chi connectivity index (χ4n) is 2.08. The Bertz CT molecular complexity index is 689. The summed E-state index contributed by atoms with van der Waals surface area (Å²) in [5, 5.41) is 20.1. The van der Waals surface area contributed by atoms with Gasteiger partial charge in [-0.25, -0.2) is 9.18 Å². The van der Waals surface area contributed by atoms with Gasteiger partial charge in [0, 0.05) is 5.56 Å². The van der Waals surface area contributed by atoms with Gasteiger partial charge in [0.25, 0.3) is 0 Å². The molecule has 1 aromatic carbocycles. The lowest BCUT2D eigenvalue weighted by Crippen LogP contribution is -2.16. The molecule has 2 rings (SSSR count). The quantitative estimate of drug-likeness (QED) is 0.904. The molecule has 1 atom stereocenters. The normalized spacial score (nSPS) is 12.0. The average molecular weight is 289 g/mol. The first kappa shape index (κ1) is 14.9. The standard InChI is InChI=1S/C15H16FN3O2/c1-8-9(2)18-19-14(13(8)15(20)21)17-10(3)11-6-4-5-7-12(11)16/h4-7,10H,1-3H3,(H,17,19)(H,20,21). The van der Waals surface area contributed by atoms with E-state index >= 15 is 0 Å². The van der Waals surface area contributed by atoms with Gasteiger partial charge < -0.3 is 10.4 Å². The van der Waals surface area contributed by atoms with Crippen molar-refractivity contribution >= 4 is 11.8 Å². The number of nitrogens with zero attached hydrogens (tertiary/aromatic N) is 2. The molecule has 110 valence electrons. The Morgan fingerprint density at radius 3 is 2.57 bits per heavy atom.